The van der Waals surface area contributed by atoms with Crippen molar-refractivity contribution in [2.24, 2.45) is 0 Å². The molecule has 9 rings (SSSR count). The maximum Gasteiger partial charge on any atom is 0.364 e. The Hall–Kier alpha value is -4.48. The van der Waals surface area contributed by atoms with Gasteiger partial charge in [0.05, 0.1) is 31.3 Å². The molecule has 1 unspecified atom stereocenters. The van der Waals surface area contributed by atoms with Crippen molar-refractivity contribution < 1.29 is 13.6 Å². The highest BCUT2D eigenvalue weighted by atomic mass is 28.3. The second-order valence-corrected chi connectivity index (χ2v) is 20.3. The molecule has 2 aliphatic rings. The van der Waals surface area contributed by atoms with Gasteiger partial charge >= 0.3 is 11.5 Å². The number of rotatable bonds is 4. The zero-order valence-corrected chi connectivity index (χ0v) is 29.8. The van der Waals surface area contributed by atoms with E-state index in [1.807, 2.05) is 0 Å². The van der Waals surface area contributed by atoms with Crippen LogP contribution in [0.15, 0.2) is 95.5 Å². The van der Waals surface area contributed by atoms with Crippen molar-refractivity contribution in [3.63, 3.8) is 0 Å². The highest BCUT2D eigenvalue weighted by Gasteiger charge is 2.67. The number of aromatic nitrogens is 3. The van der Waals surface area contributed by atoms with Gasteiger partial charge in [0.25, 0.3) is 0 Å². The van der Waals surface area contributed by atoms with Crippen LogP contribution in [0.25, 0.3) is 55.6 Å². The SMILES string of the molecule is CC[n+]1c2n(c3ccccc31)C1(c3cc(C(C)C)ccc3-c3cc(C(C)C)c([Si](C)(C)C)c[n+]31)c1ccc3c(oc4ccccc43)c1-2. The summed E-state index contributed by atoms with van der Waals surface area (Å²) in [5.41, 5.74) is 13.1. The van der Waals surface area contributed by atoms with Crippen LogP contribution in [0.1, 0.15) is 68.7 Å². The van der Waals surface area contributed by atoms with E-state index in [-0.39, 0.29) is 0 Å². The number of furan rings is 1. The van der Waals surface area contributed by atoms with E-state index in [0.29, 0.717) is 11.8 Å². The van der Waals surface area contributed by atoms with Gasteiger partial charge in [-0.15, -0.1) is 4.57 Å². The first-order valence-corrected chi connectivity index (χ1v) is 20.8. The average Bonchev–Trinajstić information content (AvgIpc) is 3.76. The van der Waals surface area contributed by atoms with Crippen LogP contribution in [0, 0.1) is 0 Å². The maximum atomic E-state index is 6.89. The number of hydrogen-bond acceptors (Lipinski definition) is 1. The van der Waals surface area contributed by atoms with E-state index < -0.39 is 13.7 Å². The highest BCUT2D eigenvalue weighted by Crippen LogP contribution is 2.55. The first-order valence-electron chi connectivity index (χ1n) is 17.3. The van der Waals surface area contributed by atoms with E-state index in [1.165, 1.54) is 71.9 Å². The minimum absolute atomic E-state index is 0.412. The molecule has 5 heteroatoms. The Morgan fingerprint density at radius 1 is 0.809 bits per heavy atom. The maximum absolute atomic E-state index is 6.89. The lowest BCUT2D eigenvalue weighted by Crippen LogP contribution is -2.61. The molecule has 234 valence electrons. The van der Waals surface area contributed by atoms with Gasteiger partial charge in [-0.05, 0) is 72.4 Å². The fraction of sp³-hybridized carbons (Fsp3) is 0.286. The Balaban J connectivity index is 1.56. The lowest BCUT2D eigenvalue weighted by atomic mass is 9.86. The number of benzene rings is 4. The summed E-state index contributed by atoms with van der Waals surface area (Å²) in [6.45, 7) is 20.0. The van der Waals surface area contributed by atoms with Crippen LogP contribution in [0.4, 0.5) is 0 Å². The second kappa shape index (κ2) is 9.54. The Morgan fingerprint density at radius 3 is 2.32 bits per heavy atom. The van der Waals surface area contributed by atoms with Gasteiger partial charge in [0, 0.05) is 22.0 Å². The summed E-state index contributed by atoms with van der Waals surface area (Å²) in [7, 11) is -1.74. The first-order chi connectivity index (χ1) is 22.6. The average molecular weight is 634 g/mol. The smallest absolute Gasteiger partial charge is 0.364 e. The second-order valence-electron chi connectivity index (χ2n) is 15.3. The molecule has 0 saturated carbocycles. The predicted molar refractivity (Wildman–Crippen MR) is 195 cm³/mol. The van der Waals surface area contributed by atoms with Gasteiger partial charge < -0.3 is 4.42 Å². The molecule has 0 N–H and O–H groups in total. The molecular weight excluding hydrogens is 591 g/mol. The third kappa shape index (κ3) is 3.53. The largest absolute Gasteiger partial charge is 0.455 e. The zero-order chi connectivity index (χ0) is 32.6. The van der Waals surface area contributed by atoms with Crippen molar-refractivity contribution in [2.75, 3.05) is 0 Å². The number of hydrogen-bond donors (Lipinski definition) is 0. The number of pyridine rings is 1. The van der Waals surface area contributed by atoms with Crippen LogP contribution in [0.3, 0.4) is 0 Å². The fourth-order valence-corrected chi connectivity index (χ4v) is 10.5. The fourth-order valence-electron chi connectivity index (χ4n) is 8.76. The summed E-state index contributed by atoms with van der Waals surface area (Å²) in [5, 5.41) is 3.88. The van der Waals surface area contributed by atoms with Crippen molar-refractivity contribution in [1.29, 1.82) is 0 Å². The van der Waals surface area contributed by atoms with Crippen molar-refractivity contribution in [1.82, 2.24) is 4.57 Å². The summed E-state index contributed by atoms with van der Waals surface area (Å²) in [6.07, 6.45) is 2.57. The number of nitrogens with zero attached hydrogens (tertiary/aromatic N) is 3. The Bertz CT molecular complexity index is 2460. The molecule has 4 nitrogen and oxygen atoms in total. The minimum atomic E-state index is -1.74. The van der Waals surface area contributed by atoms with Crippen LogP contribution in [0.5, 0.6) is 0 Å². The van der Waals surface area contributed by atoms with Crippen LogP contribution in [0.2, 0.25) is 19.6 Å². The Morgan fingerprint density at radius 2 is 1.57 bits per heavy atom. The first kappa shape index (κ1) is 28.7. The van der Waals surface area contributed by atoms with Crippen LogP contribution in [-0.2, 0) is 12.2 Å². The lowest BCUT2D eigenvalue weighted by molar-refractivity contribution is -0.734. The molecular formula is C42H43N3OSi+2. The van der Waals surface area contributed by atoms with E-state index in [0.717, 1.165) is 17.7 Å². The molecule has 2 aliphatic heterocycles. The van der Waals surface area contributed by atoms with E-state index in [4.69, 9.17) is 4.42 Å². The molecule has 3 aromatic heterocycles. The summed E-state index contributed by atoms with van der Waals surface area (Å²) in [5.74, 6) is 2.07. The van der Waals surface area contributed by atoms with Crippen LogP contribution in [-0.4, -0.2) is 12.6 Å². The quantitative estimate of drug-likeness (QED) is 0.140. The molecule has 47 heavy (non-hydrogen) atoms. The van der Waals surface area contributed by atoms with Crippen molar-refractivity contribution in [2.45, 2.75) is 78.3 Å². The van der Waals surface area contributed by atoms with Gasteiger partial charge in [0.1, 0.15) is 11.1 Å². The molecule has 4 aromatic carbocycles. The number of para-hydroxylation sites is 3. The number of imidazole rings is 1. The van der Waals surface area contributed by atoms with Crippen molar-refractivity contribution >= 4 is 46.2 Å². The Kier molecular flexibility index (Phi) is 5.83. The van der Waals surface area contributed by atoms with Crippen LogP contribution < -0.4 is 14.3 Å². The molecule has 5 heterocycles. The normalized spacial score (nSPS) is 16.6. The predicted octanol–water partition coefficient (Wildman–Crippen LogP) is 9.19. The number of fused-ring (bicyclic) bond motifs is 16. The molecule has 0 saturated heterocycles. The Labute approximate surface area is 277 Å². The van der Waals surface area contributed by atoms with E-state index in [2.05, 4.69) is 159 Å². The third-order valence-electron chi connectivity index (χ3n) is 10.9. The van der Waals surface area contributed by atoms with Gasteiger partial charge in [-0.2, -0.15) is 4.57 Å². The van der Waals surface area contributed by atoms with Crippen molar-refractivity contribution in [3.05, 3.63) is 113 Å². The van der Waals surface area contributed by atoms with Crippen molar-refractivity contribution in [3.8, 4) is 22.6 Å². The molecule has 1 atom stereocenters. The van der Waals surface area contributed by atoms with Gasteiger partial charge in [-0.25, -0.2) is 4.57 Å². The standard InChI is InChI=1S/C42H43N3OSi/c1-9-43-34-15-11-12-16-35(34)45-41(43)39-32(21-20-29-28-14-10-13-17-37(28)46-40(29)39)42(45)33-22-27(25(2)3)18-19-30(33)36-23-31(26(4)5)38(24-44(36)42)47(6,7)8/h10-26H,9H2,1-8H3/q+2. The summed E-state index contributed by atoms with van der Waals surface area (Å²) in [6, 6.07) is 32.0. The molecule has 0 fully saturated rings. The van der Waals surface area contributed by atoms with Gasteiger partial charge in [-0.1, -0.05) is 83.7 Å². The van der Waals surface area contributed by atoms with Gasteiger partial charge in [0.2, 0.25) is 5.69 Å². The molecule has 0 aliphatic carbocycles. The topological polar surface area (TPSA) is 25.8 Å². The molecule has 0 radical (unpaired) electrons. The van der Waals surface area contributed by atoms with Crippen LogP contribution >= 0.6 is 0 Å². The zero-order valence-electron chi connectivity index (χ0n) is 28.8. The van der Waals surface area contributed by atoms with E-state index >= 15 is 0 Å². The van der Waals surface area contributed by atoms with Gasteiger partial charge in [0.15, 0.2) is 22.8 Å². The summed E-state index contributed by atoms with van der Waals surface area (Å²) >= 11 is 0. The molecule has 0 bridgehead atoms. The molecule has 7 aromatic rings. The molecule has 0 amide bonds. The van der Waals surface area contributed by atoms with E-state index in [9.17, 15) is 0 Å². The summed E-state index contributed by atoms with van der Waals surface area (Å²) < 4.78 is 14.7. The van der Waals surface area contributed by atoms with E-state index in [1.54, 1.807) is 0 Å². The number of aryl methyl sites for hydroxylation is 1. The lowest BCUT2D eigenvalue weighted by Gasteiger charge is -2.25. The molecule has 1 spiro atoms. The third-order valence-corrected chi connectivity index (χ3v) is 13.0. The highest BCUT2D eigenvalue weighted by molar-refractivity contribution is 6.89. The summed E-state index contributed by atoms with van der Waals surface area (Å²) in [4.78, 5) is 0. The minimum Gasteiger partial charge on any atom is -0.455 e. The monoisotopic (exact) mass is 633 g/mol. The van der Waals surface area contributed by atoms with Gasteiger partial charge in [-0.3, -0.25) is 0 Å².